The average Bonchev–Trinajstić information content (AvgIpc) is 2.41. The van der Waals surface area contributed by atoms with Gasteiger partial charge in [-0.2, -0.15) is 5.26 Å². The molecule has 0 saturated heterocycles. The molecule has 5 nitrogen and oxygen atoms in total. The average molecular weight is 287 g/mol. The quantitative estimate of drug-likeness (QED) is 0.846. The van der Waals surface area contributed by atoms with E-state index in [0.717, 1.165) is 0 Å². The number of nitrogens with one attached hydrogen (secondary N) is 1. The van der Waals surface area contributed by atoms with Gasteiger partial charge >= 0.3 is 0 Å². The van der Waals surface area contributed by atoms with Crippen LogP contribution in [0, 0.1) is 18.3 Å². The van der Waals surface area contributed by atoms with Crippen molar-refractivity contribution in [3.8, 4) is 6.07 Å². The van der Waals surface area contributed by atoms with Gasteiger partial charge in [0, 0.05) is 5.69 Å². The molecule has 0 saturated carbocycles. The molecule has 0 aliphatic carbocycles. The van der Waals surface area contributed by atoms with E-state index < -0.39 is 10.0 Å². The van der Waals surface area contributed by atoms with Crippen molar-refractivity contribution in [3.05, 3.63) is 53.6 Å². The molecule has 0 aliphatic rings. The summed E-state index contributed by atoms with van der Waals surface area (Å²) in [7, 11) is -3.73. The Kier molecular flexibility index (Phi) is 3.63. The van der Waals surface area contributed by atoms with E-state index in [4.69, 9.17) is 11.0 Å². The second-order valence-corrected chi connectivity index (χ2v) is 5.97. The molecule has 0 amide bonds. The van der Waals surface area contributed by atoms with Crippen LogP contribution in [0.2, 0.25) is 0 Å². The highest BCUT2D eigenvalue weighted by Crippen LogP contribution is 2.22. The number of anilines is 2. The molecule has 0 aromatic heterocycles. The van der Waals surface area contributed by atoms with E-state index in [-0.39, 0.29) is 4.90 Å². The van der Waals surface area contributed by atoms with Crippen LogP contribution in [0.25, 0.3) is 0 Å². The van der Waals surface area contributed by atoms with E-state index in [2.05, 4.69) is 4.72 Å². The molecule has 0 bridgehead atoms. The van der Waals surface area contributed by atoms with Crippen LogP contribution in [0.3, 0.4) is 0 Å². The topological polar surface area (TPSA) is 96.0 Å². The van der Waals surface area contributed by atoms with Crippen LogP contribution in [0.15, 0.2) is 47.4 Å². The van der Waals surface area contributed by atoms with E-state index in [0.29, 0.717) is 22.5 Å². The number of nitrogens with zero attached hydrogens (tertiary/aromatic N) is 1. The lowest BCUT2D eigenvalue weighted by atomic mass is 10.2. The van der Waals surface area contributed by atoms with E-state index in [9.17, 15) is 8.42 Å². The molecule has 2 rings (SSSR count). The van der Waals surface area contributed by atoms with Crippen molar-refractivity contribution in [1.82, 2.24) is 0 Å². The van der Waals surface area contributed by atoms with Crippen LogP contribution in [-0.4, -0.2) is 8.42 Å². The molecule has 0 atom stereocenters. The summed E-state index contributed by atoms with van der Waals surface area (Å²) in [6.07, 6.45) is 0. The van der Waals surface area contributed by atoms with E-state index in [1.165, 1.54) is 12.1 Å². The van der Waals surface area contributed by atoms with E-state index in [1.54, 1.807) is 37.3 Å². The number of benzene rings is 2. The van der Waals surface area contributed by atoms with Crippen molar-refractivity contribution >= 4 is 21.4 Å². The van der Waals surface area contributed by atoms with Crippen LogP contribution >= 0.6 is 0 Å². The van der Waals surface area contributed by atoms with Crippen LogP contribution in [0.1, 0.15) is 11.1 Å². The lowest BCUT2D eigenvalue weighted by molar-refractivity contribution is 0.600. The zero-order valence-electron chi connectivity index (χ0n) is 10.8. The number of hydrogen-bond acceptors (Lipinski definition) is 4. The maximum absolute atomic E-state index is 12.3. The lowest BCUT2D eigenvalue weighted by Crippen LogP contribution is -2.14. The summed E-state index contributed by atoms with van der Waals surface area (Å²) < 4.78 is 27.1. The molecular formula is C14H13N3O2S. The van der Waals surface area contributed by atoms with Crippen molar-refractivity contribution in [2.45, 2.75) is 11.8 Å². The molecule has 2 aromatic rings. The minimum atomic E-state index is -3.73. The summed E-state index contributed by atoms with van der Waals surface area (Å²) in [5, 5.41) is 8.81. The first kappa shape index (κ1) is 13.9. The number of sulfonamides is 1. The van der Waals surface area contributed by atoms with Gasteiger partial charge in [0.25, 0.3) is 10.0 Å². The van der Waals surface area contributed by atoms with Gasteiger partial charge in [-0.3, -0.25) is 4.72 Å². The van der Waals surface area contributed by atoms with Gasteiger partial charge in [0.1, 0.15) is 0 Å². The standard InChI is InChI=1S/C14H13N3O2S/c1-10-5-6-12(16)8-14(10)20(18,19)17-13-4-2-3-11(7-13)9-15/h2-8,17H,16H2,1H3. The third kappa shape index (κ3) is 2.90. The van der Waals surface area contributed by atoms with Gasteiger partial charge in [-0.15, -0.1) is 0 Å². The second-order valence-electron chi connectivity index (χ2n) is 4.32. The predicted molar refractivity (Wildman–Crippen MR) is 77.6 cm³/mol. The fourth-order valence-electron chi connectivity index (χ4n) is 1.77. The van der Waals surface area contributed by atoms with Gasteiger partial charge < -0.3 is 5.73 Å². The van der Waals surface area contributed by atoms with Crippen molar-refractivity contribution in [3.63, 3.8) is 0 Å². The molecule has 0 aliphatic heterocycles. The molecule has 20 heavy (non-hydrogen) atoms. The summed E-state index contributed by atoms with van der Waals surface area (Å²) in [6.45, 7) is 1.69. The predicted octanol–water partition coefficient (Wildman–Crippen LogP) is 2.25. The summed E-state index contributed by atoms with van der Waals surface area (Å²) in [4.78, 5) is 0.125. The highest BCUT2D eigenvalue weighted by Gasteiger charge is 2.17. The molecular weight excluding hydrogens is 274 g/mol. The summed E-state index contributed by atoms with van der Waals surface area (Å²) in [5.41, 5.74) is 7.33. The summed E-state index contributed by atoms with van der Waals surface area (Å²) in [5.74, 6) is 0. The Morgan fingerprint density at radius 2 is 1.95 bits per heavy atom. The zero-order chi connectivity index (χ0) is 14.8. The van der Waals surface area contributed by atoms with Gasteiger partial charge in [-0.25, -0.2) is 8.42 Å². The first-order valence-electron chi connectivity index (χ1n) is 5.81. The lowest BCUT2D eigenvalue weighted by Gasteiger charge is -2.11. The van der Waals surface area contributed by atoms with Gasteiger partial charge in [0.2, 0.25) is 0 Å². The Balaban J connectivity index is 2.41. The first-order valence-corrected chi connectivity index (χ1v) is 7.30. The molecule has 0 fully saturated rings. The Bertz CT molecular complexity index is 792. The maximum atomic E-state index is 12.3. The van der Waals surface area contributed by atoms with E-state index >= 15 is 0 Å². The highest BCUT2D eigenvalue weighted by atomic mass is 32.2. The third-order valence-electron chi connectivity index (χ3n) is 2.75. The fraction of sp³-hybridized carbons (Fsp3) is 0.0714. The minimum absolute atomic E-state index is 0.125. The zero-order valence-corrected chi connectivity index (χ0v) is 11.6. The molecule has 0 spiro atoms. The molecule has 2 aromatic carbocycles. The fourth-order valence-corrected chi connectivity index (χ4v) is 3.10. The van der Waals surface area contributed by atoms with Crippen LogP contribution in [0.5, 0.6) is 0 Å². The largest absolute Gasteiger partial charge is 0.399 e. The number of nitrogens with two attached hydrogens (primary N) is 1. The first-order chi connectivity index (χ1) is 9.42. The Morgan fingerprint density at radius 3 is 2.65 bits per heavy atom. The maximum Gasteiger partial charge on any atom is 0.262 e. The summed E-state index contributed by atoms with van der Waals surface area (Å²) in [6, 6.07) is 12.9. The molecule has 6 heteroatoms. The smallest absolute Gasteiger partial charge is 0.262 e. The Hall–Kier alpha value is -2.52. The van der Waals surface area contributed by atoms with Gasteiger partial charge in [0.15, 0.2) is 0 Å². The van der Waals surface area contributed by atoms with Gasteiger partial charge in [-0.1, -0.05) is 12.1 Å². The van der Waals surface area contributed by atoms with Crippen molar-refractivity contribution < 1.29 is 8.42 Å². The molecule has 0 unspecified atom stereocenters. The highest BCUT2D eigenvalue weighted by molar-refractivity contribution is 7.92. The van der Waals surface area contributed by atoms with Crippen LogP contribution in [0.4, 0.5) is 11.4 Å². The Morgan fingerprint density at radius 1 is 1.20 bits per heavy atom. The third-order valence-corrected chi connectivity index (χ3v) is 4.27. The van der Waals surface area contributed by atoms with Crippen LogP contribution in [-0.2, 0) is 10.0 Å². The monoisotopic (exact) mass is 287 g/mol. The SMILES string of the molecule is Cc1ccc(N)cc1S(=O)(=O)Nc1cccc(C#N)c1. The number of hydrogen-bond donors (Lipinski definition) is 2. The number of rotatable bonds is 3. The number of nitrogen functional groups attached to an aromatic ring is 1. The normalized spacial score (nSPS) is 10.8. The van der Waals surface area contributed by atoms with E-state index in [1.807, 2.05) is 6.07 Å². The molecule has 0 radical (unpaired) electrons. The second kappa shape index (κ2) is 5.23. The van der Waals surface area contributed by atoms with Gasteiger partial charge in [0.05, 0.1) is 22.2 Å². The molecule has 102 valence electrons. The number of nitriles is 1. The minimum Gasteiger partial charge on any atom is -0.399 e. The molecule has 0 heterocycles. The van der Waals surface area contributed by atoms with Crippen molar-refractivity contribution in [1.29, 1.82) is 5.26 Å². The Labute approximate surface area is 117 Å². The van der Waals surface area contributed by atoms with Crippen LogP contribution < -0.4 is 10.5 Å². The molecule has 3 N–H and O–H groups in total. The van der Waals surface area contributed by atoms with Crippen molar-refractivity contribution in [2.24, 2.45) is 0 Å². The van der Waals surface area contributed by atoms with Crippen molar-refractivity contribution in [2.75, 3.05) is 10.5 Å². The number of aryl methyl sites for hydroxylation is 1. The summed E-state index contributed by atoms with van der Waals surface area (Å²) >= 11 is 0. The van der Waals surface area contributed by atoms with Gasteiger partial charge in [-0.05, 0) is 42.8 Å².